The zero-order valence-electron chi connectivity index (χ0n) is 8.40. The number of ether oxygens (including phenoxy) is 1. The molecule has 2 heterocycles. The van der Waals surface area contributed by atoms with E-state index >= 15 is 0 Å². The first-order valence-electron chi connectivity index (χ1n) is 4.51. The van der Waals surface area contributed by atoms with E-state index in [1.54, 1.807) is 19.5 Å². The van der Waals surface area contributed by atoms with E-state index in [0.29, 0.717) is 5.88 Å². The van der Waals surface area contributed by atoms with Crippen LogP contribution in [0.2, 0.25) is 0 Å². The number of nitrogens with two attached hydrogens (primary N) is 1. The Kier molecular flexibility index (Phi) is 2.03. The molecule has 0 bridgehead atoms. The number of methoxy groups -OCH3 is 1. The van der Waals surface area contributed by atoms with Crippen molar-refractivity contribution in [3.05, 3.63) is 12.4 Å². The first-order chi connectivity index (χ1) is 6.61. The quantitative estimate of drug-likeness (QED) is 0.719. The SMILES string of the molecule is COc1cncc(N2CC(C)(N)C2)n1. The monoisotopic (exact) mass is 194 g/mol. The molecule has 76 valence electrons. The van der Waals surface area contributed by atoms with E-state index in [-0.39, 0.29) is 5.54 Å². The van der Waals surface area contributed by atoms with Crippen LogP contribution in [0.25, 0.3) is 0 Å². The summed E-state index contributed by atoms with van der Waals surface area (Å²) in [6.45, 7) is 3.65. The van der Waals surface area contributed by atoms with Gasteiger partial charge in [0.1, 0.15) is 0 Å². The molecule has 1 aliphatic heterocycles. The Morgan fingerprint density at radius 3 is 2.79 bits per heavy atom. The van der Waals surface area contributed by atoms with Crippen LogP contribution in [0, 0.1) is 0 Å². The van der Waals surface area contributed by atoms with Crippen molar-refractivity contribution in [2.75, 3.05) is 25.1 Å². The maximum absolute atomic E-state index is 5.90. The summed E-state index contributed by atoms with van der Waals surface area (Å²) in [5.74, 6) is 1.36. The fourth-order valence-electron chi connectivity index (χ4n) is 1.58. The van der Waals surface area contributed by atoms with Gasteiger partial charge in [-0.25, -0.2) is 0 Å². The second-order valence-electron chi connectivity index (χ2n) is 3.93. The van der Waals surface area contributed by atoms with Gasteiger partial charge in [0.25, 0.3) is 0 Å². The molecule has 14 heavy (non-hydrogen) atoms. The molecule has 2 rings (SSSR count). The van der Waals surface area contributed by atoms with Gasteiger partial charge >= 0.3 is 0 Å². The molecule has 1 aromatic rings. The molecule has 1 aromatic heterocycles. The molecule has 0 atom stereocenters. The predicted molar refractivity (Wildman–Crippen MR) is 53.4 cm³/mol. The number of rotatable bonds is 2. The lowest BCUT2D eigenvalue weighted by Crippen LogP contribution is -2.65. The second kappa shape index (κ2) is 3.09. The number of nitrogens with zero attached hydrogens (tertiary/aromatic N) is 3. The standard InChI is InChI=1S/C9H14N4O/c1-9(10)5-13(6-9)7-3-11-4-8(12-7)14-2/h3-4H,5-6,10H2,1-2H3. The minimum atomic E-state index is -0.0925. The van der Waals surface area contributed by atoms with E-state index < -0.39 is 0 Å². The molecular formula is C9H14N4O. The zero-order valence-corrected chi connectivity index (χ0v) is 8.40. The summed E-state index contributed by atoms with van der Waals surface area (Å²) in [5, 5.41) is 0. The van der Waals surface area contributed by atoms with Crippen LogP contribution in [0.15, 0.2) is 12.4 Å². The van der Waals surface area contributed by atoms with Crippen molar-refractivity contribution < 1.29 is 4.74 Å². The molecule has 0 spiro atoms. The van der Waals surface area contributed by atoms with Gasteiger partial charge in [0.05, 0.1) is 19.5 Å². The normalized spacial score (nSPS) is 18.9. The molecule has 1 saturated heterocycles. The molecular weight excluding hydrogens is 180 g/mol. The highest BCUT2D eigenvalue weighted by atomic mass is 16.5. The Hall–Kier alpha value is -1.36. The summed E-state index contributed by atoms with van der Waals surface area (Å²) in [5.41, 5.74) is 5.81. The van der Waals surface area contributed by atoms with Crippen LogP contribution in [0.4, 0.5) is 5.82 Å². The highest BCUT2D eigenvalue weighted by Crippen LogP contribution is 2.24. The average molecular weight is 194 g/mol. The van der Waals surface area contributed by atoms with Gasteiger partial charge < -0.3 is 15.4 Å². The molecule has 0 unspecified atom stereocenters. The molecule has 0 radical (unpaired) electrons. The van der Waals surface area contributed by atoms with E-state index in [2.05, 4.69) is 14.9 Å². The van der Waals surface area contributed by atoms with Gasteiger partial charge in [-0.05, 0) is 6.92 Å². The van der Waals surface area contributed by atoms with E-state index in [9.17, 15) is 0 Å². The molecule has 1 aliphatic rings. The topological polar surface area (TPSA) is 64.3 Å². The third-order valence-electron chi connectivity index (χ3n) is 2.24. The van der Waals surface area contributed by atoms with Crippen molar-refractivity contribution in [1.82, 2.24) is 9.97 Å². The van der Waals surface area contributed by atoms with Gasteiger partial charge in [0, 0.05) is 18.6 Å². The zero-order chi connectivity index (χ0) is 10.2. The number of hydrogen-bond donors (Lipinski definition) is 1. The first-order valence-corrected chi connectivity index (χ1v) is 4.51. The van der Waals surface area contributed by atoms with Gasteiger partial charge in [-0.1, -0.05) is 0 Å². The molecule has 0 aromatic carbocycles. The van der Waals surface area contributed by atoms with Crippen molar-refractivity contribution in [3.8, 4) is 5.88 Å². The fourth-order valence-corrected chi connectivity index (χ4v) is 1.58. The largest absolute Gasteiger partial charge is 0.480 e. The lowest BCUT2D eigenvalue weighted by Gasteiger charge is -2.45. The van der Waals surface area contributed by atoms with Gasteiger partial charge in [0.2, 0.25) is 5.88 Å². The summed E-state index contributed by atoms with van der Waals surface area (Å²) in [4.78, 5) is 10.4. The molecule has 0 saturated carbocycles. The van der Waals surface area contributed by atoms with Gasteiger partial charge in [-0.15, -0.1) is 0 Å². The molecule has 0 amide bonds. The highest BCUT2D eigenvalue weighted by Gasteiger charge is 2.35. The van der Waals surface area contributed by atoms with E-state index in [1.165, 1.54) is 0 Å². The maximum atomic E-state index is 5.90. The Bertz CT molecular complexity index is 331. The second-order valence-corrected chi connectivity index (χ2v) is 3.93. The molecule has 5 heteroatoms. The van der Waals surface area contributed by atoms with Crippen molar-refractivity contribution >= 4 is 5.82 Å². The van der Waals surface area contributed by atoms with Crippen LogP contribution in [0.1, 0.15) is 6.92 Å². The van der Waals surface area contributed by atoms with Crippen LogP contribution in [-0.2, 0) is 0 Å². The lowest BCUT2D eigenvalue weighted by molar-refractivity contribution is 0.357. The van der Waals surface area contributed by atoms with Crippen LogP contribution in [0.5, 0.6) is 5.88 Å². The van der Waals surface area contributed by atoms with Crippen LogP contribution < -0.4 is 15.4 Å². The fraction of sp³-hybridized carbons (Fsp3) is 0.556. The molecule has 5 nitrogen and oxygen atoms in total. The summed E-state index contributed by atoms with van der Waals surface area (Å²) in [6, 6.07) is 0. The Morgan fingerprint density at radius 1 is 1.50 bits per heavy atom. The van der Waals surface area contributed by atoms with E-state index in [0.717, 1.165) is 18.9 Å². The van der Waals surface area contributed by atoms with E-state index in [1.807, 2.05) is 6.92 Å². The Balaban J connectivity index is 2.11. The molecule has 2 N–H and O–H groups in total. The Labute approximate surface area is 82.9 Å². The maximum Gasteiger partial charge on any atom is 0.233 e. The van der Waals surface area contributed by atoms with Crippen molar-refractivity contribution in [1.29, 1.82) is 0 Å². The minimum absolute atomic E-state index is 0.0925. The number of anilines is 1. The molecule has 0 aliphatic carbocycles. The van der Waals surface area contributed by atoms with Gasteiger partial charge in [-0.3, -0.25) is 4.98 Å². The van der Waals surface area contributed by atoms with E-state index in [4.69, 9.17) is 10.5 Å². The van der Waals surface area contributed by atoms with Crippen molar-refractivity contribution in [2.45, 2.75) is 12.5 Å². The summed E-state index contributed by atoms with van der Waals surface area (Å²) in [7, 11) is 1.58. The van der Waals surface area contributed by atoms with Crippen molar-refractivity contribution in [2.24, 2.45) is 5.73 Å². The highest BCUT2D eigenvalue weighted by molar-refractivity contribution is 5.43. The summed E-state index contributed by atoms with van der Waals surface area (Å²) >= 11 is 0. The van der Waals surface area contributed by atoms with Crippen LogP contribution >= 0.6 is 0 Å². The first kappa shape index (κ1) is 9.21. The van der Waals surface area contributed by atoms with Gasteiger partial charge in [-0.2, -0.15) is 4.98 Å². The summed E-state index contributed by atoms with van der Waals surface area (Å²) in [6.07, 6.45) is 3.31. The third-order valence-corrected chi connectivity index (χ3v) is 2.24. The minimum Gasteiger partial charge on any atom is -0.480 e. The van der Waals surface area contributed by atoms with Crippen LogP contribution in [-0.4, -0.2) is 35.7 Å². The van der Waals surface area contributed by atoms with Crippen molar-refractivity contribution in [3.63, 3.8) is 0 Å². The third kappa shape index (κ3) is 1.63. The summed E-state index contributed by atoms with van der Waals surface area (Å²) < 4.78 is 4.99. The number of aromatic nitrogens is 2. The lowest BCUT2D eigenvalue weighted by atomic mass is 9.94. The van der Waals surface area contributed by atoms with Crippen LogP contribution in [0.3, 0.4) is 0 Å². The van der Waals surface area contributed by atoms with Gasteiger partial charge in [0.15, 0.2) is 5.82 Å². The predicted octanol–water partition coefficient (Wildman–Crippen LogP) is 0.0226. The number of hydrogen-bond acceptors (Lipinski definition) is 5. The average Bonchev–Trinajstić information content (AvgIpc) is 2.14. The smallest absolute Gasteiger partial charge is 0.233 e. The molecule has 1 fully saturated rings. The Morgan fingerprint density at radius 2 is 2.21 bits per heavy atom.